The Balaban J connectivity index is 3.94. The third-order valence-electron chi connectivity index (χ3n) is 1.15. The fraction of sp³-hybridized carbons (Fsp3) is 0.800. The molecule has 0 spiro atoms. The van der Waals surface area contributed by atoms with Crippen molar-refractivity contribution < 1.29 is 20.1 Å². The molecule has 0 rings (SSSR count). The van der Waals surface area contributed by atoms with E-state index in [0.29, 0.717) is 0 Å². The Kier molecular flexibility index (Phi) is 3.27. The van der Waals surface area contributed by atoms with Crippen LogP contribution < -0.4 is 5.73 Å². The monoisotopic (exact) mass is 149 g/mol. The van der Waals surface area contributed by atoms with Crippen molar-refractivity contribution in [2.75, 3.05) is 0 Å². The average Bonchev–Trinajstić information content (AvgIpc) is 1.84. The van der Waals surface area contributed by atoms with Crippen LogP contribution >= 0.6 is 0 Å². The standard InChI is InChI=1S/C5H11NO4/c1-2(7)4(8)3(6)5(9)10/h2-4,7-8H,6H2,1H3,(H,9,10)/t2-,3-,4?/m0/s1. The van der Waals surface area contributed by atoms with Crippen LogP contribution in [0.1, 0.15) is 6.92 Å². The van der Waals surface area contributed by atoms with E-state index in [9.17, 15) is 4.79 Å². The zero-order valence-electron chi connectivity index (χ0n) is 5.56. The average molecular weight is 149 g/mol. The molecule has 5 heteroatoms. The summed E-state index contributed by atoms with van der Waals surface area (Å²) >= 11 is 0. The van der Waals surface area contributed by atoms with Crippen molar-refractivity contribution in [2.45, 2.75) is 25.2 Å². The van der Waals surface area contributed by atoms with Crippen LogP contribution in [-0.4, -0.2) is 39.5 Å². The SMILES string of the molecule is C[C@H](O)C(O)[C@H](N)C(=O)O. The number of rotatable bonds is 3. The molecule has 60 valence electrons. The highest BCUT2D eigenvalue weighted by Gasteiger charge is 2.25. The van der Waals surface area contributed by atoms with Crippen LogP contribution in [0.15, 0.2) is 0 Å². The molecular weight excluding hydrogens is 138 g/mol. The van der Waals surface area contributed by atoms with E-state index < -0.39 is 24.2 Å². The van der Waals surface area contributed by atoms with Crippen molar-refractivity contribution in [3.05, 3.63) is 0 Å². The molecule has 0 aliphatic rings. The number of aliphatic carboxylic acids is 1. The zero-order chi connectivity index (χ0) is 8.31. The largest absolute Gasteiger partial charge is 0.480 e. The fourth-order valence-electron chi connectivity index (χ4n) is 0.446. The van der Waals surface area contributed by atoms with Gasteiger partial charge in [-0.25, -0.2) is 0 Å². The number of hydrogen-bond donors (Lipinski definition) is 4. The molecule has 0 aromatic carbocycles. The molecule has 10 heavy (non-hydrogen) atoms. The molecule has 0 aromatic rings. The number of carboxylic acids is 1. The normalized spacial score (nSPS) is 19.6. The van der Waals surface area contributed by atoms with Crippen LogP contribution in [0, 0.1) is 0 Å². The van der Waals surface area contributed by atoms with E-state index in [1.54, 1.807) is 0 Å². The second-order valence-corrected chi connectivity index (χ2v) is 2.10. The van der Waals surface area contributed by atoms with Crippen LogP contribution in [0.4, 0.5) is 0 Å². The maximum absolute atomic E-state index is 10.0. The van der Waals surface area contributed by atoms with Gasteiger partial charge >= 0.3 is 5.97 Å². The van der Waals surface area contributed by atoms with Gasteiger partial charge in [-0.3, -0.25) is 4.79 Å². The molecule has 5 N–H and O–H groups in total. The Hall–Kier alpha value is -0.650. The van der Waals surface area contributed by atoms with E-state index in [-0.39, 0.29) is 0 Å². The number of hydrogen-bond acceptors (Lipinski definition) is 4. The zero-order valence-corrected chi connectivity index (χ0v) is 5.56. The van der Waals surface area contributed by atoms with Crippen molar-refractivity contribution in [3.8, 4) is 0 Å². The van der Waals surface area contributed by atoms with E-state index >= 15 is 0 Å². The van der Waals surface area contributed by atoms with Crippen LogP contribution in [0.3, 0.4) is 0 Å². The third-order valence-corrected chi connectivity index (χ3v) is 1.15. The highest BCUT2D eigenvalue weighted by Crippen LogP contribution is 1.96. The maximum atomic E-state index is 10.0. The van der Waals surface area contributed by atoms with E-state index in [0.717, 1.165) is 0 Å². The summed E-state index contributed by atoms with van der Waals surface area (Å²) in [6.45, 7) is 1.27. The quantitative estimate of drug-likeness (QED) is 0.376. The summed E-state index contributed by atoms with van der Waals surface area (Å²) in [7, 11) is 0. The summed E-state index contributed by atoms with van der Waals surface area (Å²) in [6.07, 6.45) is -2.52. The van der Waals surface area contributed by atoms with Crippen molar-refractivity contribution in [3.63, 3.8) is 0 Å². The lowest BCUT2D eigenvalue weighted by molar-refractivity contribution is -0.143. The first-order valence-electron chi connectivity index (χ1n) is 2.81. The summed E-state index contributed by atoms with van der Waals surface area (Å²) in [5.74, 6) is -1.33. The van der Waals surface area contributed by atoms with E-state index in [4.69, 9.17) is 21.1 Å². The van der Waals surface area contributed by atoms with E-state index in [1.807, 2.05) is 0 Å². The lowest BCUT2D eigenvalue weighted by Crippen LogP contribution is -2.47. The fourth-order valence-corrected chi connectivity index (χ4v) is 0.446. The van der Waals surface area contributed by atoms with Crippen molar-refractivity contribution in [1.82, 2.24) is 0 Å². The van der Waals surface area contributed by atoms with Gasteiger partial charge in [0.05, 0.1) is 6.10 Å². The number of carboxylic acid groups (broad SMARTS) is 1. The van der Waals surface area contributed by atoms with Gasteiger partial charge in [-0.15, -0.1) is 0 Å². The molecule has 0 radical (unpaired) electrons. The summed E-state index contributed by atoms with van der Waals surface area (Å²) in [5, 5.41) is 25.7. The molecular formula is C5H11NO4. The second kappa shape index (κ2) is 3.50. The van der Waals surface area contributed by atoms with Gasteiger partial charge in [0.1, 0.15) is 12.1 Å². The van der Waals surface area contributed by atoms with Crippen molar-refractivity contribution in [1.29, 1.82) is 0 Å². The summed E-state index contributed by atoms with van der Waals surface area (Å²) in [6, 6.07) is -1.42. The number of aliphatic hydroxyl groups excluding tert-OH is 2. The first-order valence-corrected chi connectivity index (χ1v) is 2.81. The molecule has 3 atom stereocenters. The Morgan fingerprint density at radius 3 is 2.00 bits per heavy atom. The Labute approximate surface area is 58.1 Å². The Morgan fingerprint density at radius 2 is 1.90 bits per heavy atom. The number of carbonyl (C=O) groups is 1. The van der Waals surface area contributed by atoms with Crippen molar-refractivity contribution >= 4 is 5.97 Å². The van der Waals surface area contributed by atoms with Gasteiger partial charge in [-0.2, -0.15) is 0 Å². The van der Waals surface area contributed by atoms with Gasteiger partial charge in [0.25, 0.3) is 0 Å². The Bertz CT molecular complexity index is 125. The molecule has 0 amide bonds. The van der Waals surface area contributed by atoms with Crippen LogP contribution in [0.5, 0.6) is 0 Å². The molecule has 5 nitrogen and oxygen atoms in total. The summed E-state index contributed by atoms with van der Waals surface area (Å²) in [4.78, 5) is 10.0. The minimum Gasteiger partial charge on any atom is -0.480 e. The van der Waals surface area contributed by atoms with E-state index in [1.165, 1.54) is 6.92 Å². The van der Waals surface area contributed by atoms with Crippen molar-refractivity contribution in [2.24, 2.45) is 5.73 Å². The molecule has 1 unspecified atom stereocenters. The highest BCUT2D eigenvalue weighted by molar-refractivity contribution is 5.73. The van der Waals surface area contributed by atoms with Gasteiger partial charge < -0.3 is 21.1 Å². The lowest BCUT2D eigenvalue weighted by atomic mass is 10.1. The van der Waals surface area contributed by atoms with Crippen LogP contribution in [0.2, 0.25) is 0 Å². The van der Waals surface area contributed by atoms with Gasteiger partial charge in [0.15, 0.2) is 0 Å². The third kappa shape index (κ3) is 2.30. The molecule has 0 aliphatic carbocycles. The minimum atomic E-state index is -1.42. The van der Waals surface area contributed by atoms with Crippen LogP contribution in [0.25, 0.3) is 0 Å². The molecule has 0 saturated carbocycles. The minimum absolute atomic E-state index is 1.12. The highest BCUT2D eigenvalue weighted by atomic mass is 16.4. The van der Waals surface area contributed by atoms with Gasteiger partial charge in [-0.05, 0) is 6.92 Å². The van der Waals surface area contributed by atoms with Gasteiger partial charge in [0, 0.05) is 0 Å². The molecule has 0 saturated heterocycles. The summed E-state index contributed by atoms with van der Waals surface area (Å²) < 4.78 is 0. The first kappa shape index (κ1) is 9.35. The maximum Gasteiger partial charge on any atom is 0.323 e. The smallest absolute Gasteiger partial charge is 0.323 e. The molecule has 0 fully saturated rings. The Morgan fingerprint density at radius 1 is 1.50 bits per heavy atom. The topological polar surface area (TPSA) is 104 Å². The predicted octanol–water partition coefficient (Wildman–Crippen LogP) is -1.86. The van der Waals surface area contributed by atoms with Gasteiger partial charge in [-0.1, -0.05) is 0 Å². The van der Waals surface area contributed by atoms with Gasteiger partial charge in [0.2, 0.25) is 0 Å². The summed E-state index contributed by atoms with van der Waals surface area (Å²) in [5.41, 5.74) is 4.95. The molecule has 0 aliphatic heterocycles. The predicted molar refractivity (Wildman–Crippen MR) is 33.3 cm³/mol. The number of nitrogens with two attached hydrogens (primary N) is 1. The lowest BCUT2D eigenvalue weighted by Gasteiger charge is -2.16. The molecule has 0 aromatic heterocycles. The molecule has 0 heterocycles. The second-order valence-electron chi connectivity index (χ2n) is 2.10. The van der Waals surface area contributed by atoms with Crippen LogP contribution in [-0.2, 0) is 4.79 Å². The first-order chi connectivity index (χ1) is 4.46. The van der Waals surface area contributed by atoms with E-state index in [2.05, 4.69) is 0 Å². The number of aliphatic hydroxyl groups is 2. The molecule has 0 bridgehead atoms.